The van der Waals surface area contributed by atoms with Crippen molar-refractivity contribution in [3.05, 3.63) is 53.9 Å². The van der Waals surface area contributed by atoms with Crippen molar-refractivity contribution in [1.29, 1.82) is 0 Å². The average Bonchev–Trinajstić information content (AvgIpc) is 3.01. The number of carbonyl (C=O) groups excluding carboxylic acids is 1. The fourth-order valence-electron chi connectivity index (χ4n) is 2.32. The number of benzene rings is 1. The van der Waals surface area contributed by atoms with Gasteiger partial charge in [-0.2, -0.15) is 0 Å². The number of nitrogens with one attached hydrogen (secondary N) is 2. The first-order chi connectivity index (χ1) is 10.7. The number of anilines is 1. The number of ether oxygens (including phenoxy) is 1. The molecule has 2 heterocycles. The van der Waals surface area contributed by atoms with E-state index < -0.39 is 5.91 Å². The van der Waals surface area contributed by atoms with Crippen molar-refractivity contribution in [2.24, 2.45) is 5.73 Å². The molecule has 0 aliphatic rings. The van der Waals surface area contributed by atoms with E-state index in [4.69, 9.17) is 10.5 Å². The lowest BCUT2D eigenvalue weighted by atomic mass is 10.1. The highest BCUT2D eigenvalue weighted by atomic mass is 16.5. The fourth-order valence-corrected chi connectivity index (χ4v) is 2.32. The standard InChI is InChI=1S/C16H16N4O2/c1-22-11-4-2-10(3-5-11)8-19-14-12-6-7-18-16(12)20-9-13(14)15(17)21/h2-7,9H,8H2,1H3,(H2,17,21)(H2,18,19,20). The molecule has 0 radical (unpaired) electrons. The van der Waals surface area contributed by atoms with E-state index in [1.165, 1.54) is 6.20 Å². The summed E-state index contributed by atoms with van der Waals surface area (Å²) in [6, 6.07) is 9.58. The van der Waals surface area contributed by atoms with Crippen LogP contribution in [0.2, 0.25) is 0 Å². The van der Waals surface area contributed by atoms with E-state index >= 15 is 0 Å². The van der Waals surface area contributed by atoms with Crippen LogP contribution in [0.5, 0.6) is 5.75 Å². The third-order valence-corrected chi connectivity index (χ3v) is 3.48. The second kappa shape index (κ2) is 5.77. The second-order valence-electron chi connectivity index (χ2n) is 4.85. The molecule has 2 aromatic heterocycles. The second-order valence-corrected chi connectivity index (χ2v) is 4.85. The summed E-state index contributed by atoms with van der Waals surface area (Å²) < 4.78 is 5.14. The summed E-state index contributed by atoms with van der Waals surface area (Å²) in [4.78, 5) is 18.8. The van der Waals surface area contributed by atoms with Gasteiger partial charge in [0.2, 0.25) is 0 Å². The monoisotopic (exact) mass is 296 g/mol. The number of nitrogens with two attached hydrogens (primary N) is 1. The number of hydrogen-bond donors (Lipinski definition) is 3. The third-order valence-electron chi connectivity index (χ3n) is 3.48. The number of methoxy groups -OCH3 is 1. The molecule has 4 N–H and O–H groups in total. The van der Waals surface area contributed by atoms with Gasteiger partial charge in [-0.25, -0.2) is 4.98 Å². The molecule has 0 aliphatic heterocycles. The lowest BCUT2D eigenvalue weighted by Gasteiger charge is -2.11. The van der Waals surface area contributed by atoms with Crippen molar-refractivity contribution in [2.75, 3.05) is 12.4 Å². The number of fused-ring (bicyclic) bond motifs is 1. The molecule has 0 bridgehead atoms. The van der Waals surface area contributed by atoms with Crippen LogP contribution in [0.4, 0.5) is 5.69 Å². The van der Waals surface area contributed by atoms with Gasteiger partial charge in [0.1, 0.15) is 11.4 Å². The number of hydrogen-bond acceptors (Lipinski definition) is 4. The third kappa shape index (κ3) is 2.58. The van der Waals surface area contributed by atoms with Crippen LogP contribution >= 0.6 is 0 Å². The molecule has 3 rings (SSSR count). The smallest absolute Gasteiger partial charge is 0.252 e. The molecule has 6 heteroatoms. The Balaban J connectivity index is 1.90. The molecule has 1 aromatic carbocycles. The van der Waals surface area contributed by atoms with Crippen LogP contribution in [-0.4, -0.2) is 23.0 Å². The van der Waals surface area contributed by atoms with Crippen LogP contribution in [0.1, 0.15) is 15.9 Å². The Kier molecular flexibility index (Phi) is 3.65. The highest BCUT2D eigenvalue weighted by Gasteiger charge is 2.13. The normalized spacial score (nSPS) is 10.6. The predicted molar refractivity (Wildman–Crippen MR) is 84.9 cm³/mol. The quantitative estimate of drug-likeness (QED) is 0.673. The average molecular weight is 296 g/mol. The minimum atomic E-state index is -0.507. The topological polar surface area (TPSA) is 93.0 Å². The van der Waals surface area contributed by atoms with Crippen molar-refractivity contribution in [3.8, 4) is 5.75 Å². The number of aromatic amines is 1. The van der Waals surface area contributed by atoms with Gasteiger partial charge in [0.25, 0.3) is 5.91 Å². The van der Waals surface area contributed by atoms with Crippen molar-refractivity contribution in [2.45, 2.75) is 6.54 Å². The van der Waals surface area contributed by atoms with Crippen molar-refractivity contribution < 1.29 is 9.53 Å². The molecule has 0 saturated carbocycles. The zero-order chi connectivity index (χ0) is 15.5. The SMILES string of the molecule is COc1ccc(CNc2c(C(N)=O)cnc3[nH]ccc23)cc1. The Labute approximate surface area is 127 Å². The Morgan fingerprint density at radius 2 is 2.09 bits per heavy atom. The van der Waals surface area contributed by atoms with Gasteiger partial charge in [-0.1, -0.05) is 12.1 Å². The minimum absolute atomic E-state index is 0.376. The lowest BCUT2D eigenvalue weighted by molar-refractivity contribution is 0.100. The highest BCUT2D eigenvalue weighted by molar-refractivity contribution is 6.05. The molecule has 112 valence electrons. The zero-order valence-electron chi connectivity index (χ0n) is 12.1. The summed E-state index contributed by atoms with van der Waals surface area (Å²) in [5.41, 5.74) is 8.28. The molecule has 3 aromatic rings. The van der Waals surface area contributed by atoms with Crippen LogP contribution in [-0.2, 0) is 6.54 Å². The molecule has 1 amide bonds. The maximum absolute atomic E-state index is 11.6. The van der Waals surface area contributed by atoms with Gasteiger partial charge in [0.15, 0.2) is 0 Å². The largest absolute Gasteiger partial charge is 0.497 e. The van der Waals surface area contributed by atoms with Crippen LogP contribution in [0.3, 0.4) is 0 Å². The number of nitrogens with zero attached hydrogens (tertiary/aromatic N) is 1. The highest BCUT2D eigenvalue weighted by Crippen LogP contribution is 2.25. The summed E-state index contributed by atoms with van der Waals surface area (Å²) in [5, 5.41) is 4.11. The lowest BCUT2D eigenvalue weighted by Crippen LogP contribution is -2.15. The van der Waals surface area contributed by atoms with Crippen molar-refractivity contribution in [1.82, 2.24) is 9.97 Å². The maximum Gasteiger partial charge on any atom is 0.252 e. The maximum atomic E-state index is 11.6. The van der Waals surface area contributed by atoms with Gasteiger partial charge >= 0.3 is 0 Å². The molecule has 0 aliphatic carbocycles. The van der Waals surface area contributed by atoms with Gasteiger partial charge in [0, 0.05) is 24.3 Å². The predicted octanol–water partition coefficient (Wildman–Crippen LogP) is 2.28. The van der Waals surface area contributed by atoms with Crippen LogP contribution < -0.4 is 15.8 Å². The van der Waals surface area contributed by atoms with E-state index in [1.54, 1.807) is 13.3 Å². The number of carbonyl (C=O) groups is 1. The Hall–Kier alpha value is -3.02. The first-order valence-electron chi connectivity index (χ1n) is 6.81. The van der Waals surface area contributed by atoms with Crippen molar-refractivity contribution in [3.63, 3.8) is 0 Å². The Morgan fingerprint density at radius 3 is 2.77 bits per heavy atom. The first-order valence-corrected chi connectivity index (χ1v) is 6.81. The van der Waals surface area contributed by atoms with Crippen LogP contribution in [0.25, 0.3) is 11.0 Å². The number of rotatable bonds is 5. The van der Waals surface area contributed by atoms with E-state index in [9.17, 15) is 4.79 Å². The number of pyridine rings is 1. The van der Waals surface area contributed by atoms with Gasteiger partial charge < -0.3 is 20.8 Å². The zero-order valence-corrected chi connectivity index (χ0v) is 12.1. The summed E-state index contributed by atoms with van der Waals surface area (Å²) in [6.07, 6.45) is 3.26. The molecule has 0 unspecified atom stereocenters. The van der Waals surface area contributed by atoms with Gasteiger partial charge in [-0.3, -0.25) is 4.79 Å². The van der Waals surface area contributed by atoms with Crippen LogP contribution in [0.15, 0.2) is 42.7 Å². The minimum Gasteiger partial charge on any atom is -0.497 e. The molecule has 0 atom stereocenters. The van der Waals surface area contributed by atoms with E-state index in [-0.39, 0.29) is 0 Å². The first kappa shape index (κ1) is 13.9. The number of H-pyrrole nitrogens is 1. The molecule has 22 heavy (non-hydrogen) atoms. The molecule has 0 spiro atoms. The van der Waals surface area contributed by atoms with E-state index in [2.05, 4.69) is 15.3 Å². The molecule has 0 fully saturated rings. The van der Waals surface area contributed by atoms with E-state index in [0.29, 0.717) is 23.4 Å². The van der Waals surface area contributed by atoms with E-state index in [1.807, 2.05) is 30.3 Å². The Morgan fingerprint density at radius 1 is 1.32 bits per heavy atom. The molecular formula is C16H16N4O2. The van der Waals surface area contributed by atoms with Gasteiger partial charge in [0.05, 0.1) is 18.4 Å². The molecular weight excluding hydrogens is 280 g/mol. The van der Waals surface area contributed by atoms with E-state index in [0.717, 1.165) is 16.7 Å². The summed E-state index contributed by atoms with van der Waals surface area (Å²) >= 11 is 0. The van der Waals surface area contributed by atoms with Crippen LogP contribution in [0, 0.1) is 0 Å². The number of primary amides is 1. The Bertz CT molecular complexity index is 809. The molecule has 6 nitrogen and oxygen atoms in total. The molecule has 0 saturated heterocycles. The van der Waals surface area contributed by atoms with Gasteiger partial charge in [-0.15, -0.1) is 0 Å². The summed E-state index contributed by atoms with van der Waals surface area (Å²) in [5.74, 6) is 0.298. The van der Waals surface area contributed by atoms with Crippen molar-refractivity contribution >= 4 is 22.6 Å². The summed E-state index contributed by atoms with van der Waals surface area (Å²) in [6.45, 7) is 0.564. The summed E-state index contributed by atoms with van der Waals surface area (Å²) in [7, 11) is 1.63. The number of aromatic nitrogens is 2. The van der Waals surface area contributed by atoms with Gasteiger partial charge in [-0.05, 0) is 23.8 Å². The number of amides is 1. The fraction of sp³-hybridized carbons (Fsp3) is 0.125.